The maximum absolute atomic E-state index is 13.3. The summed E-state index contributed by atoms with van der Waals surface area (Å²) in [6, 6.07) is 7.38. The molecule has 1 aliphatic rings. The number of halogens is 3. The molecule has 3 rings (SSSR count). The van der Waals surface area contributed by atoms with Gasteiger partial charge in [-0.15, -0.1) is 16.1 Å². The van der Waals surface area contributed by atoms with Gasteiger partial charge in [-0.3, -0.25) is 4.79 Å². The Morgan fingerprint density at radius 1 is 1.44 bits per heavy atom. The van der Waals surface area contributed by atoms with Crippen LogP contribution in [0.2, 0.25) is 0 Å². The molecule has 0 bridgehead atoms. The van der Waals surface area contributed by atoms with Gasteiger partial charge in [-0.2, -0.15) is 0 Å². The van der Waals surface area contributed by atoms with Crippen molar-refractivity contribution in [1.29, 1.82) is 0 Å². The molecule has 3 atom stereocenters. The minimum atomic E-state index is -1.48. The highest BCUT2D eigenvalue weighted by atomic mass is 79.9. The lowest BCUT2D eigenvalue weighted by molar-refractivity contribution is -0.120. The van der Waals surface area contributed by atoms with Gasteiger partial charge in [0.15, 0.2) is 0 Å². The third-order valence-corrected chi connectivity index (χ3v) is 7.44. The Labute approximate surface area is 168 Å². The number of nitrogens with one attached hydrogen (secondary N) is 2. The molecule has 1 aliphatic heterocycles. The molecule has 2 heterocycles. The number of hydrogen-bond donors (Lipinski definition) is 2. The van der Waals surface area contributed by atoms with E-state index in [4.69, 9.17) is 0 Å². The lowest BCUT2D eigenvalue weighted by Gasteiger charge is -2.35. The van der Waals surface area contributed by atoms with Crippen molar-refractivity contribution in [2.45, 2.75) is 18.5 Å². The highest BCUT2D eigenvalue weighted by molar-refractivity contribution is 9.11. The van der Waals surface area contributed by atoms with Crippen LogP contribution in [-0.4, -0.2) is 27.9 Å². The van der Waals surface area contributed by atoms with E-state index in [2.05, 4.69) is 41.9 Å². The Kier molecular flexibility index (Phi) is 6.19. The number of likely N-dealkylation sites (N-methyl/N-ethyl adjacent to an activating group) is 1. The third kappa shape index (κ3) is 4.44. The first-order valence-electron chi connectivity index (χ1n) is 7.27. The predicted octanol–water partition coefficient (Wildman–Crippen LogP) is 3.96. The fourth-order valence-corrected chi connectivity index (χ4v) is 5.49. The van der Waals surface area contributed by atoms with Crippen molar-refractivity contribution in [1.82, 2.24) is 9.03 Å². The van der Waals surface area contributed by atoms with Gasteiger partial charge < -0.3 is 9.87 Å². The third-order valence-electron chi connectivity index (χ3n) is 3.83. The fourth-order valence-electron chi connectivity index (χ4n) is 2.50. The second kappa shape index (κ2) is 8.03. The molecule has 2 aromatic rings. The largest absolute Gasteiger partial charge is 0.579 e. The number of benzene rings is 1. The molecule has 25 heavy (non-hydrogen) atoms. The normalized spacial score (nSPS) is 24.3. The van der Waals surface area contributed by atoms with Crippen molar-refractivity contribution in [3.8, 4) is 0 Å². The van der Waals surface area contributed by atoms with Gasteiger partial charge >= 0.3 is 0 Å². The topological polar surface area (TPSA) is 67.4 Å². The van der Waals surface area contributed by atoms with Crippen LogP contribution in [-0.2, 0) is 16.3 Å². The van der Waals surface area contributed by atoms with Gasteiger partial charge in [0.2, 0.25) is 5.91 Å². The molecule has 10 heteroatoms. The summed E-state index contributed by atoms with van der Waals surface area (Å²) in [6.07, 6.45) is 0.476. The van der Waals surface area contributed by atoms with E-state index in [1.54, 1.807) is 18.4 Å². The summed E-state index contributed by atoms with van der Waals surface area (Å²) in [5.74, 6) is -0.682. The van der Waals surface area contributed by atoms with Crippen LogP contribution in [0.25, 0.3) is 0 Å². The van der Waals surface area contributed by atoms with E-state index in [-0.39, 0.29) is 16.4 Å². The van der Waals surface area contributed by atoms with Gasteiger partial charge in [0.05, 0.1) is 14.3 Å². The minimum absolute atomic E-state index is 0.177. The van der Waals surface area contributed by atoms with Gasteiger partial charge in [-0.25, -0.2) is 4.39 Å². The molecule has 0 aliphatic carbocycles. The Morgan fingerprint density at radius 3 is 2.84 bits per heavy atom. The summed E-state index contributed by atoms with van der Waals surface area (Å²) in [7, 11) is 1.63. The second-order valence-corrected chi connectivity index (χ2v) is 10.1. The van der Waals surface area contributed by atoms with Crippen molar-refractivity contribution in [2.24, 2.45) is 0 Å². The molecule has 1 aromatic carbocycles. The van der Waals surface area contributed by atoms with Crippen LogP contribution >= 0.6 is 43.2 Å². The first-order valence-corrected chi connectivity index (χ1v) is 10.8. The quantitative estimate of drug-likeness (QED) is 0.613. The summed E-state index contributed by atoms with van der Waals surface area (Å²) in [4.78, 5) is 13.7. The van der Waals surface area contributed by atoms with E-state index in [9.17, 15) is 13.7 Å². The lowest BCUT2D eigenvalue weighted by Crippen LogP contribution is -2.55. The van der Waals surface area contributed by atoms with E-state index in [0.717, 1.165) is 8.66 Å². The minimum Gasteiger partial charge on any atom is -0.579 e. The molecule has 0 spiro atoms. The zero-order valence-electron chi connectivity index (χ0n) is 13.0. The Bertz CT molecular complexity index is 792. The van der Waals surface area contributed by atoms with Gasteiger partial charge in [-0.1, -0.05) is 4.31 Å². The van der Waals surface area contributed by atoms with Gasteiger partial charge in [-0.05, 0) is 62.2 Å². The van der Waals surface area contributed by atoms with Gasteiger partial charge in [0.25, 0.3) is 0 Å². The summed E-state index contributed by atoms with van der Waals surface area (Å²) in [5, 5.41) is 2.76. The Balaban J connectivity index is 1.76. The van der Waals surface area contributed by atoms with Crippen LogP contribution in [0.3, 0.4) is 0 Å². The van der Waals surface area contributed by atoms with Crippen molar-refractivity contribution in [3.63, 3.8) is 0 Å². The number of carbonyl (C=O) groups is 1. The highest BCUT2D eigenvalue weighted by Crippen LogP contribution is 2.34. The van der Waals surface area contributed by atoms with Crippen LogP contribution < -0.4 is 10.0 Å². The van der Waals surface area contributed by atoms with Crippen LogP contribution in [0.1, 0.15) is 17.3 Å². The number of thiophene rings is 1. The summed E-state index contributed by atoms with van der Waals surface area (Å²) < 4.78 is 31.4. The average Bonchev–Trinajstić information content (AvgIpc) is 3.00. The van der Waals surface area contributed by atoms with Crippen molar-refractivity contribution in [3.05, 3.63) is 49.3 Å². The molecular weight excluding hydrogens is 497 g/mol. The molecule has 3 unspecified atom stereocenters. The molecule has 1 fully saturated rings. The Hall–Kier alpha value is -0.490. The lowest BCUT2D eigenvalue weighted by atomic mass is 10.1. The number of hydrogen-bond acceptors (Lipinski definition) is 5. The number of carbonyl (C=O) groups excluding carboxylic acids is 1. The number of anilines is 1. The molecule has 0 radical (unpaired) electrons. The number of nitrogens with zero attached hydrogens (tertiary/aromatic N) is 1. The van der Waals surface area contributed by atoms with Crippen LogP contribution in [0.5, 0.6) is 0 Å². The fraction of sp³-hybridized carbons (Fsp3) is 0.267. The highest BCUT2D eigenvalue weighted by Gasteiger charge is 2.41. The first kappa shape index (κ1) is 19.3. The SMILES string of the molecule is CN1C(C(=O)Nc2ccc(F)c(Br)c2)CC(c2ccc(Br)s2)N[S+]1[O-]. The number of rotatable bonds is 3. The smallest absolute Gasteiger partial charge is 0.246 e. The molecule has 2 N–H and O–H groups in total. The van der Waals surface area contributed by atoms with E-state index in [0.29, 0.717) is 12.1 Å². The van der Waals surface area contributed by atoms with Crippen LogP contribution in [0.15, 0.2) is 38.6 Å². The maximum Gasteiger partial charge on any atom is 0.246 e. The summed E-state index contributed by atoms with van der Waals surface area (Å²) in [6.45, 7) is 0. The van der Waals surface area contributed by atoms with Crippen LogP contribution in [0.4, 0.5) is 10.1 Å². The monoisotopic (exact) mass is 509 g/mol. The number of amides is 1. The molecular formula is C15H14Br2FN3O2S2. The summed E-state index contributed by atoms with van der Waals surface area (Å²) in [5.41, 5.74) is 0.478. The molecule has 5 nitrogen and oxygen atoms in total. The molecule has 1 aromatic heterocycles. The van der Waals surface area contributed by atoms with Crippen molar-refractivity contribution in [2.75, 3.05) is 12.4 Å². The Morgan fingerprint density at radius 2 is 2.20 bits per heavy atom. The van der Waals surface area contributed by atoms with E-state index in [1.165, 1.54) is 22.5 Å². The molecule has 1 saturated heterocycles. The summed E-state index contributed by atoms with van der Waals surface area (Å²) >= 11 is 6.58. The van der Waals surface area contributed by atoms with Gasteiger partial charge in [0, 0.05) is 24.0 Å². The predicted molar refractivity (Wildman–Crippen MR) is 105 cm³/mol. The van der Waals surface area contributed by atoms with Crippen LogP contribution in [0, 0.1) is 5.82 Å². The van der Waals surface area contributed by atoms with E-state index >= 15 is 0 Å². The molecule has 1 amide bonds. The zero-order valence-corrected chi connectivity index (χ0v) is 17.8. The van der Waals surface area contributed by atoms with Crippen molar-refractivity contribution >= 4 is 66.3 Å². The van der Waals surface area contributed by atoms with E-state index in [1.807, 2.05) is 12.1 Å². The maximum atomic E-state index is 13.3. The van der Waals surface area contributed by atoms with E-state index < -0.39 is 23.4 Å². The zero-order chi connectivity index (χ0) is 18.1. The van der Waals surface area contributed by atoms with Crippen molar-refractivity contribution < 1.29 is 13.7 Å². The average molecular weight is 511 g/mol. The molecule has 0 saturated carbocycles. The van der Waals surface area contributed by atoms with Gasteiger partial charge in [0.1, 0.15) is 23.4 Å². The standard InChI is InChI=1S/C15H14Br2FN3O2S2/c1-21-12(15(22)19-8-2-3-10(18)9(16)6-8)7-11(20-25(21)23)13-4-5-14(17)24-13/h2-6,11-12,20H,7H2,1H3,(H,19,22). The first-order chi connectivity index (χ1) is 11.8. The second-order valence-electron chi connectivity index (χ2n) is 5.48. The molecule has 134 valence electrons.